The maximum Gasteiger partial charge on any atom is 0.128 e. The molecule has 0 atom stereocenters. The minimum atomic E-state index is 0.721. The molecule has 0 bridgehead atoms. The standard InChI is InChI=1S/C17H18BrClO/c1-2-3-4-13-5-8-15(9-6-13)20-16-10-7-14(12-18)17(19)11-16/h5-11H,2-4,12H2,1H3. The Morgan fingerprint density at radius 2 is 1.75 bits per heavy atom. The lowest BCUT2D eigenvalue weighted by Crippen LogP contribution is -1.88. The summed E-state index contributed by atoms with van der Waals surface area (Å²) in [5, 5.41) is 1.47. The van der Waals surface area contributed by atoms with Crippen LogP contribution in [0.5, 0.6) is 11.5 Å². The highest BCUT2D eigenvalue weighted by Gasteiger charge is 2.03. The highest BCUT2D eigenvalue weighted by molar-refractivity contribution is 9.08. The second-order valence-corrected chi connectivity index (χ2v) is 5.70. The first kappa shape index (κ1) is 15.4. The van der Waals surface area contributed by atoms with E-state index in [2.05, 4.69) is 35.0 Å². The van der Waals surface area contributed by atoms with Gasteiger partial charge in [0.2, 0.25) is 0 Å². The van der Waals surface area contributed by atoms with E-state index in [-0.39, 0.29) is 0 Å². The van der Waals surface area contributed by atoms with Gasteiger partial charge >= 0.3 is 0 Å². The number of rotatable bonds is 6. The predicted molar refractivity (Wildman–Crippen MR) is 89.2 cm³/mol. The lowest BCUT2D eigenvalue weighted by atomic mass is 10.1. The summed E-state index contributed by atoms with van der Waals surface area (Å²) in [7, 11) is 0. The summed E-state index contributed by atoms with van der Waals surface area (Å²) < 4.78 is 5.82. The third-order valence-corrected chi connectivity index (χ3v) is 4.10. The van der Waals surface area contributed by atoms with Crippen LogP contribution in [0.2, 0.25) is 5.02 Å². The number of hydrogen-bond acceptors (Lipinski definition) is 1. The minimum absolute atomic E-state index is 0.721. The quantitative estimate of drug-likeness (QED) is 0.548. The fraction of sp³-hybridized carbons (Fsp3) is 0.294. The monoisotopic (exact) mass is 352 g/mol. The van der Waals surface area contributed by atoms with Gasteiger partial charge in [0.1, 0.15) is 11.5 Å². The van der Waals surface area contributed by atoms with Gasteiger partial charge in [-0.1, -0.05) is 59.1 Å². The van der Waals surface area contributed by atoms with Crippen molar-refractivity contribution in [1.82, 2.24) is 0 Å². The van der Waals surface area contributed by atoms with Gasteiger partial charge in [-0.25, -0.2) is 0 Å². The summed E-state index contributed by atoms with van der Waals surface area (Å²) in [5.74, 6) is 1.61. The number of hydrogen-bond donors (Lipinski definition) is 0. The summed E-state index contributed by atoms with van der Waals surface area (Å²) in [6.07, 6.45) is 3.57. The second-order valence-electron chi connectivity index (χ2n) is 4.74. The van der Waals surface area contributed by atoms with E-state index in [1.54, 1.807) is 0 Å². The number of aryl methyl sites for hydroxylation is 1. The Morgan fingerprint density at radius 3 is 2.35 bits per heavy atom. The van der Waals surface area contributed by atoms with Gasteiger partial charge in [-0.3, -0.25) is 0 Å². The van der Waals surface area contributed by atoms with Crippen molar-refractivity contribution in [2.45, 2.75) is 31.5 Å². The molecule has 2 rings (SSSR count). The molecule has 0 radical (unpaired) electrons. The molecular weight excluding hydrogens is 336 g/mol. The zero-order chi connectivity index (χ0) is 14.4. The van der Waals surface area contributed by atoms with Gasteiger partial charge in [-0.05, 0) is 48.2 Å². The van der Waals surface area contributed by atoms with Gasteiger partial charge in [0, 0.05) is 10.4 Å². The third kappa shape index (κ3) is 4.26. The van der Waals surface area contributed by atoms with Crippen LogP contribution in [0.3, 0.4) is 0 Å². The average molecular weight is 354 g/mol. The van der Waals surface area contributed by atoms with E-state index < -0.39 is 0 Å². The number of alkyl halides is 1. The van der Waals surface area contributed by atoms with Crippen molar-refractivity contribution in [2.24, 2.45) is 0 Å². The van der Waals surface area contributed by atoms with E-state index in [4.69, 9.17) is 16.3 Å². The first-order valence-electron chi connectivity index (χ1n) is 6.84. The van der Waals surface area contributed by atoms with Crippen molar-refractivity contribution in [3.8, 4) is 11.5 Å². The van der Waals surface area contributed by atoms with E-state index >= 15 is 0 Å². The van der Waals surface area contributed by atoms with Crippen molar-refractivity contribution in [3.63, 3.8) is 0 Å². The Kier molecular flexibility index (Phi) is 5.93. The van der Waals surface area contributed by atoms with Crippen LogP contribution in [-0.2, 0) is 11.8 Å². The van der Waals surface area contributed by atoms with E-state index in [9.17, 15) is 0 Å². The van der Waals surface area contributed by atoms with Crippen LogP contribution in [0.1, 0.15) is 30.9 Å². The third-order valence-electron chi connectivity index (χ3n) is 3.15. The second kappa shape index (κ2) is 7.70. The van der Waals surface area contributed by atoms with Crippen LogP contribution >= 0.6 is 27.5 Å². The largest absolute Gasteiger partial charge is 0.457 e. The molecule has 20 heavy (non-hydrogen) atoms. The molecular formula is C17H18BrClO. The zero-order valence-corrected chi connectivity index (χ0v) is 13.9. The zero-order valence-electron chi connectivity index (χ0n) is 11.5. The van der Waals surface area contributed by atoms with Crippen LogP contribution < -0.4 is 4.74 Å². The first-order chi connectivity index (χ1) is 9.72. The van der Waals surface area contributed by atoms with E-state index in [1.165, 1.54) is 18.4 Å². The molecule has 0 N–H and O–H groups in total. The van der Waals surface area contributed by atoms with E-state index in [0.717, 1.165) is 33.8 Å². The van der Waals surface area contributed by atoms with Gasteiger partial charge in [0.25, 0.3) is 0 Å². The predicted octanol–water partition coefficient (Wildman–Crippen LogP) is 6.37. The molecule has 0 saturated carbocycles. The number of halogens is 2. The maximum atomic E-state index is 6.17. The number of unbranched alkanes of at least 4 members (excludes halogenated alkanes) is 1. The SMILES string of the molecule is CCCCc1ccc(Oc2ccc(CBr)c(Cl)c2)cc1. The first-order valence-corrected chi connectivity index (χ1v) is 8.34. The number of benzene rings is 2. The van der Waals surface area contributed by atoms with Gasteiger partial charge in [0.15, 0.2) is 0 Å². The lowest BCUT2D eigenvalue weighted by Gasteiger charge is -2.08. The fourth-order valence-electron chi connectivity index (χ4n) is 1.94. The topological polar surface area (TPSA) is 9.23 Å². The van der Waals surface area contributed by atoms with Gasteiger partial charge in [-0.2, -0.15) is 0 Å². The molecule has 0 saturated heterocycles. The summed E-state index contributed by atoms with van der Waals surface area (Å²) in [6.45, 7) is 2.21. The van der Waals surface area contributed by atoms with Crippen molar-refractivity contribution >= 4 is 27.5 Å². The van der Waals surface area contributed by atoms with E-state index in [0.29, 0.717) is 0 Å². The molecule has 0 heterocycles. The summed E-state index contributed by atoms with van der Waals surface area (Å²) in [5.41, 5.74) is 2.42. The van der Waals surface area contributed by atoms with Crippen molar-refractivity contribution in [3.05, 3.63) is 58.6 Å². The van der Waals surface area contributed by atoms with Crippen LogP contribution in [0, 0.1) is 0 Å². The molecule has 3 heteroatoms. The highest BCUT2D eigenvalue weighted by atomic mass is 79.9. The molecule has 0 amide bonds. The van der Waals surface area contributed by atoms with Gasteiger partial charge < -0.3 is 4.74 Å². The Hall–Kier alpha value is -0.990. The summed E-state index contributed by atoms with van der Waals surface area (Å²) in [4.78, 5) is 0. The number of ether oxygens (including phenoxy) is 1. The van der Waals surface area contributed by atoms with Crippen molar-refractivity contribution in [1.29, 1.82) is 0 Å². The molecule has 0 aliphatic carbocycles. The van der Waals surface area contributed by atoms with Crippen molar-refractivity contribution in [2.75, 3.05) is 0 Å². The molecule has 1 nitrogen and oxygen atoms in total. The fourth-order valence-corrected chi connectivity index (χ4v) is 2.83. The summed E-state index contributed by atoms with van der Waals surface area (Å²) in [6, 6.07) is 14.0. The maximum absolute atomic E-state index is 6.17. The average Bonchev–Trinajstić information content (AvgIpc) is 2.47. The lowest BCUT2D eigenvalue weighted by molar-refractivity contribution is 0.482. The molecule has 0 unspecified atom stereocenters. The van der Waals surface area contributed by atoms with Crippen LogP contribution in [0.4, 0.5) is 0 Å². The van der Waals surface area contributed by atoms with Gasteiger partial charge in [-0.15, -0.1) is 0 Å². The normalized spacial score (nSPS) is 10.6. The molecule has 0 fully saturated rings. The Morgan fingerprint density at radius 1 is 1.05 bits per heavy atom. The highest BCUT2D eigenvalue weighted by Crippen LogP contribution is 2.28. The molecule has 0 spiro atoms. The van der Waals surface area contributed by atoms with Crippen LogP contribution in [0.25, 0.3) is 0 Å². The van der Waals surface area contributed by atoms with Crippen LogP contribution in [0.15, 0.2) is 42.5 Å². The molecule has 2 aromatic rings. The Bertz CT molecular complexity index is 551. The minimum Gasteiger partial charge on any atom is -0.457 e. The molecule has 106 valence electrons. The molecule has 0 aliphatic rings. The molecule has 0 aliphatic heterocycles. The van der Waals surface area contributed by atoms with Crippen LogP contribution in [-0.4, -0.2) is 0 Å². The van der Waals surface area contributed by atoms with Gasteiger partial charge in [0.05, 0.1) is 0 Å². The Balaban J connectivity index is 2.04. The Labute approximate surface area is 134 Å². The molecule has 0 aromatic heterocycles. The van der Waals surface area contributed by atoms with E-state index in [1.807, 2.05) is 30.3 Å². The smallest absolute Gasteiger partial charge is 0.128 e. The summed E-state index contributed by atoms with van der Waals surface area (Å²) >= 11 is 9.57. The van der Waals surface area contributed by atoms with Crippen molar-refractivity contribution < 1.29 is 4.74 Å². The molecule has 2 aromatic carbocycles.